The lowest BCUT2D eigenvalue weighted by Gasteiger charge is -2.22. The summed E-state index contributed by atoms with van der Waals surface area (Å²) in [5, 5.41) is 0. The van der Waals surface area contributed by atoms with Crippen molar-refractivity contribution in [3.63, 3.8) is 0 Å². The molecular formula is C26H25I. The number of allylic oxidation sites excluding steroid dienone is 1. The Kier molecular flexibility index (Phi) is 4.98. The fourth-order valence-corrected chi connectivity index (χ4v) is 4.56. The highest BCUT2D eigenvalue weighted by atomic mass is 127. The second kappa shape index (κ2) is 7.27. The van der Waals surface area contributed by atoms with Crippen LogP contribution >= 0.6 is 22.6 Å². The molecule has 3 aromatic rings. The van der Waals surface area contributed by atoms with Crippen LogP contribution in [-0.2, 0) is 11.8 Å². The predicted octanol–water partition coefficient (Wildman–Crippen LogP) is 7.67. The van der Waals surface area contributed by atoms with Crippen molar-refractivity contribution in [1.82, 2.24) is 0 Å². The van der Waals surface area contributed by atoms with Crippen LogP contribution in [0.1, 0.15) is 43.0 Å². The third kappa shape index (κ3) is 3.16. The van der Waals surface area contributed by atoms with E-state index < -0.39 is 0 Å². The zero-order valence-corrected chi connectivity index (χ0v) is 18.4. The van der Waals surface area contributed by atoms with Crippen LogP contribution in [-0.4, -0.2) is 4.43 Å². The van der Waals surface area contributed by atoms with Crippen LogP contribution in [0.5, 0.6) is 0 Å². The van der Waals surface area contributed by atoms with E-state index in [4.69, 9.17) is 0 Å². The number of hydrogen-bond donors (Lipinski definition) is 0. The number of aryl methyl sites for hydroxylation is 1. The number of rotatable bonds is 4. The Hall–Kier alpha value is -1.87. The lowest BCUT2D eigenvalue weighted by Crippen LogP contribution is -2.14. The molecule has 0 radical (unpaired) electrons. The first kappa shape index (κ1) is 18.5. The Morgan fingerprint density at radius 1 is 0.852 bits per heavy atom. The summed E-state index contributed by atoms with van der Waals surface area (Å²) in [5.74, 6) is 0. The number of halogens is 1. The molecule has 3 aromatic carbocycles. The van der Waals surface area contributed by atoms with Gasteiger partial charge in [0.25, 0.3) is 0 Å². The van der Waals surface area contributed by atoms with Crippen LogP contribution in [0.3, 0.4) is 0 Å². The predicted molar refractivity (Wildman–Crippen MR) is 127 cm³/mol. The second-order valence-corrected chi connectivity index (χ2v) is 8.64. The molecule has 0 nitrogen and oxygen atoms in total. The van der Waals surface area contributed by atoms with Gasteiger partial charge in [-0.3, -0.25) is 0 Å². The first-order chi connectivity index (χ1) is 13.1. The average Bonchev–Trinajstić information content (AvgIpc) is 2.93. The maximum atomic E-state index is 2.40. The summed E-state index contributed by atoms with van der Waals surface area (Å²) in [7, 11) is 0. The fourth-order valence-electron chi connectivity index (χ4n) is 4.31. The molecule has 27 heavy (non-hydrogen) atoms. The summed E-state index contributed by atoms with van der Waals surface area (Å²) in [6, 6.07) is 22.7. The van der Waals surface area contributed by atoms with Crippen molar-refractivity contribution in [3.8, 4) is 22.3 Å². The Bertz CT molecular complexity index is 1020. The van der Waals surface area contributed by atoms with E-state index in [1.54, 1.807) is 0 Å². The van der Waals surface area contributed by atoms with E-state index in [0.717, 1.165) is 10.8 Å². The van der Waals surface area contributed by atoms with Crippen LogP contribution in [0.4, 0.5) is 0 Å². The molecule has 0 N–H and O–H groups in total. The molecule has 0 unspecified atom stereocenters. The van der Waals surface area contributed by atoms with Gasteiger partial charge in [-0.2, -0.15) is 0 Å². The van der Waals surface area contributed by atoms with Gasteiger partial charge in [0.1, 0.15) is 0 Å². The molecule has 1 aliphatic rings. The van der Waals surface area contributed by atoms with Crippen molar-refractivity contribution in [3.05, 3.63) is 89.0 Å². The summed E-state index contributed by atoms with van der Waals surface area (Å²) in [5.41, 5.74) is 11.1. The lowest BCUT2D eigenvalue weighted by atomic mass is 9.81. The van der Waals surface area contributed by atoms with Crippen LogP contribution in [0.15, 0.2) is 66.7 Å². The molecule has 136 valence electrons. The van der Waals surface area contributed by atoms with Crippen LogP contribution < -0.4 is 0 Å². The van der Waals surface area contributed by atoms with Crippen LogP contribution in [0.2, 0.25) is 0 Å². The molecule has 0 spiro atoms. The maximum absolute atomic E-state index is 2.40. The third-order valence-electron chi connectivity index (χ3n) is 5.83. The molecule has 0 fully saturated rings. The van der Waals surface area contributed by atoms with Gasteiger partial charge in [-0.15, -0.1) is 0 Å². The maximum Gasteiger partial charge on any atom is 0.0179 e. The molecule has 0 atom stereocenters. The van der Waals surface area contributed by atoms with Gasteiger partial charge in [0.2, 0.25) is 0 Å². The summed E-state index contributed by atoms with van der Waals surface area (Å²) >= 11 is 2.40. The van der Waals surface area contributed by atoms with Crippen molar-refractivity contribution >= 4 is 28.7 Å². The Morgan fingerprint density at radius 2 is 1.56 bits per heavy atom. The quantitative estimate of drug-likeness (QED) is 0.275. The largest absolute Gasteiger partial charge is 0.0818 e. The van der Waals surface area contributed by atoms with Gasteiger partial charge in [-0.05, 0) is 63.1 Å². The van der Waals surface area contributed by atoms with Crippen LogP contribution in [0.25, 0.3) is 28.3 Å². The first-order valence-electron chi connectivity index (χ1n) is 9.66. The van der Waals surface area contributed by atoms with E-state index in [1.165, 1.54) is 44.5 Å². The SMILES string of the molecule is CCc1ccc(-c2ccc3c(c2)C(C)(C)c2ccccc2-3)cc1/C=C\CI. The van der Waals surface area contributed by atoms with Crippen molar-refractivity contribution in [2.75, 3.05) is 4.43 Å². The average molecular weight is 464 g/mol. The fraction of sp³-hybridized carbons (Fsp3) is 0.231. The summed E-state index contributed by atoms with van der Waals surface area (Å²) in [6.45, 7) is 6.91. The van der Waals surface area contributed by atoms with E-state index in [0.29, 0.717) is 0 Å². The molecule has 0 heterocycles. The minimum atomic E-state index is 0.0508. The van der Waals surface area contributed by atoms with Gasteiger partial charge in [0, 0.05) is 9.84 Å². The first-order valence-corrected chi connectivity index (χ1v) is 11.2. The number of alkyl halides is 1. The smallest absolute Gasteiger partial charge is 0.0179 e. The molecular weight excluding hydrogens is 439 g/mol. The zero-order chi connectivity index (χ0) is 19.0. The molecule has 0 amide bonds. The van der Waals surface area contributed by atoms with Gasteiger partial charge in [-0.25, -0.2) is 0 Å². The Labute approximate surface area is 176 Å². The monoisotopic (exact) mass is 464 g/mol. The van der Waals surface area contributed by atoms with Crippen molar-refractivity contribution in [1.29, 1.82) is 0 Å². The third-order valence-corrected chi connectivity index (χ3v) is 6.34. The highest BCUT2D eigenvalue weighted by Gasteiger charge is 2.35. The van der Waals surface area contributed by atoms with Gasteiger partial charge >= 0.3 is 0 Å². The minimum absolute atomic E-state index is 0.0508. The summed E-state index contributed by atoms with van der Waals surface area (Å²) in [4.78, 5) is 0. The number of fused-ring (bicyclic) bond motifs is 3. The van der Waals surface area contributed by atoms with E-state index in [2.05, 4.69) is 116 Å². The molecule has 0 saturated carbocycles. The molecule has 0 aromatic heterocycles. The normalized spacial score (nSPS) is 14.4. The van der Waals surface area contributed by atoms with Crippen molar-refractivity contribution in [2.24, 2.45) is 0 Å². The Morgan fingerprint density at radius 3 is 2.33 bits per heavy atom. The van der Waals surface area contributed by atoms with Crippen molar-refractivity contribution in [2.45, 2.75) is 32.6 Å². The van der Waals surface area contributed by atoms with Gasteiger partial charge < -0.3 is 0 Å². The van der Waals surface area contributed by atoms with Gasteiger partial charge in [-0.1, -0.05) is 104 Å². The topological polar surface area (TPSA) is 0 Å². The van der Waals surface area contributed by atoms with E-state index in [9.17, 15) is 0 Å². The molecule has 1 aliphatic carbocycles. The molecule has 0 saturated heterocycles. The van der Waals surface area contributed by atoms with Gasteiger partial charge in [0.05, 0.1) is 0 Å². The molecule has 0 bridgehead atoms. The van der Waals surface area contributed by atoms with Crippen molar-refractivity contribution < 1.29 is 0 Å². The highest BCUT2D eigenvalue weighted by molar-refractivity contribution is 14.1. The highest BCUT2D eigenvalue weighted by Crippen LogP contribution is 2.49. The standard InChI is InChI=1S/C26H25I/c1-4-18-11-12-20(16-19(18)8-7-15-27)21-13-14-23-22-9-5-6-10-24(22)26(2,3)25(23)17-21/h5-14,16-17H,4,15H2,1-3H3/b8-7-. The Balaban J connectivity index is 1.82. The van der Waals surface area contributed by atoms with Gasteiger partial charge in [0.15, 0.2) is 0 Å². The number of hydrogen-bond acceptors (Lipinski definition) is 0. The van der Waals surface area contributed by atoms with E-state index in [1.807, 2.05) is 0 Å². The van der Waals surface area contributed by atoms with E-state index >= 15 is 0 Å². The zero-order valence-electron chi connectivity index (χ0n) is 16.2. The summed E-state index contributed by atoms with van der Waals surface area (Å²) < 4.78 is 1.04. The molecule has 4 rings (SSSR count). The second-order valence-electron chi connectivity index (χ2n) is 7.75. The number of benzene rings is 3. The molecule has 1 heteroatoms. The minimum Gasteiger partial charge on any atom is -0.0818 e. The molecule has 0 aliphatic heterocycles. The van der Waals surface area contributed by atoms with E-state index in [-0.39, 0.29) is 5.41 Å². The summed E-state index contributed by atoms with van der Waals surface area (Å²) in [6.07, 6.45) is 5.57. The lowest BCUT2D eigenvalue weighted by molar-refractivity contribution is 0.660. The van der Waals surface area contributed by atoms with Crippen LogP contribution in [0, 0.1) is 0 Å².